The van der Waals surface area contributed by atoms with Gasteiger partial charge in [-0.25, -0.2) is 13.2 Å². The Balaban J connectivity index is 6.71. The fraction of sp³-hybridized carbons (Fsp3) is 0.900. The SMILES string of the molecule is O=C(Cl)C(F)(F)C(F)(F)C(F)(F)C(F)(F)C(F)(F)C(F)(F)C(F)(F)C(F)C(F)F. The lowest BCUT2D eigenvalue weighted by molar-refractivity contribution is -0.442. The molecule has 1 unspecified atom stereocenters. The fourth-order valence-electron chi connectivity index (χ4n) is 1.45. The molecular weight excluding hydrogens is 495 g/mol. The summed E-state index contributed by atoms with van der Waals surface area (Å²) in [5, 5.41) is -3.89. The van der Waals surface area contributed by atoms with E-state index in [0.717, 1.165) is 0 Å². The van der Waals surface area contributed by atoms with E-state index in [1.165, 1.54) is 0 Å². The highest BCUT2D eigenvalue weighted by Crippen LogP contribution is 2.63. The van der Waals surface area contributed by atoms with Gasteiger partial charge in [-0.2, -0.15) is 61.5 Å². The topological polar surface area (TPSA) is 17.1 Å². The van der Waals surface area contributed by atoms with Crippen LogP contribution in [0.25, 0.3) is 0 Å². The lowest BCUT2D eigenvalue weighted by atomic mass is 9.88. The van der Waals surface area contributed by atoms with Crippen LogP contribution in [0.2, 0.25) is 0 Å². The summed E-state index contributed by atoms with van der Waals surface area (Å²) >= 11 is 3.73. The zero-order chi connectivity index (χ0) is 24.2. The Morgan fingerprint density at radius 3 is 1.10 bits per heavy atom. The van der Waals surface area contributed by atoms with E-state index in [4.69, 9.17) is 0 Å². The van der Waals surface area contributed by atoms with Crippen molar-refractivity contribution in [1.29, 1.82) is 0 Å². The first-order valence-electron chi connectivity index (χ1n) is 6.07. The highest BCUT2D eigenvalue weighted by Gasteiger charge is 2.94. The molecule has 0 bridgehead atoms. The van der Waals surface area contributed by atoms with Crippen molar-refractivity contribution in [3.05, 3.63) is 0 Å². The molecule has 0 N–H and O–H groups in total. The average molecular weight is 497 g/mol. The van der Waals surface area contributed by atoms with Gasteiger partial charge in [-0.15, -0.1) is 0 Å². The van der Waals surface area contributed by atoms with E-state index in [9.17, 15) is 79.4 Å². The summed E-state index contributed by atoms with van der Waals surface area (Å²) in [7, 11) is 0. The maximum absolute atomic E-state index is 13.2. The van der Waals surface area contributed by atoms with Gasteiger partial charge in [-0.3, -0.25) is 4.79 Å². The third-order valence-corrected chi connectivity index (χ3v) is 3.44. The standard InChI is InChI=1S/C10H2ClF17O/c11-3(29)5(17,18)7(21,22)9(25,26)10(27,28)8(23,24)6(19,20)4(15,16)1(12)2(13)14/h1-2H. The molecule has 29 heavy (non-hydrogen) atoms. The summed E-state index contributed by atoms with van der Waals surface area (Å²) < 4.78 is 218. The third kappa shape index (κ3) is 3.47. The summed E-state index contributed by atoms with van der Waals surface area (Å²) in [6.45, 7) is 0. The van der Waals surface area contributed by atoms with Crippen LogP contribution in [0.1, 0.15) is 0 Å². The van der Waals surface area contributed by atoms with Gasteiger partial charge in [-0.1, -0.05) is 0 Å². The number of hydrogen-bond acceptors (Lipinski definition) is 1. The van der Waals surface area contributed by atoms with E-state index in [-0.39, 0.29) is 0 Å². The van der Waals surface area contributed by atoms with Gasteiger partial charge in [0, 0.05) is 0 Å². The molecule has 0 fully saturated rings. The largest absolute Gasteiger partial charge is 0.388 e. The molecule has 0 aromatic rings. The van der Waals surface area contributed by atoms with Crippen LogP contribution in [0.4, 0.5) is 74.6 Å². The Kier molecular flexibility index (Phi) is 6.87. The number of carbonyl (C=O) groups is 1. The predicted molar refractivity (Wildman–Crippen MR) is 56.4 cm³/mol. The van der Waals surface area contributed by atoms with Crippen molar-refractivity contribution in [2.45, 2.75) is 54.1 Å². The van der Waals surface area contributed by atoms with Gasteiger partial charge in [0.15, 0.2) is 0 Å². The molecule has 0 spiro atoms. The molecule has 0 saturated carbocycles. The second-order valence-corrected chi connectivity index (χ2v) is 5.42. The Morgan fingerprint density at radius 2 is 0.828 bits per heavy atom. The molecule has 0 amide bonds. The molecular formula is C10H2ClF17O. The van der Waals surface area contributed by atoms with E-state index in [1.54, 1.807) is 0 Å². The minimum atomic E-state index is -8.62. The molecule has 174 valence electrons. The van der Waals surface area contributed by atoms with Crippen molar-refractivity contribution in [2.24, 2.45) is 0 Å². The average Bonchev–Trinajstić information content (AvgIpc) is 2.52. The summed E-state index contributed by atoms with van der Waals surface area (Å²) in [5.41, 5.74) is 0. The highest BCUT2D eigenvalue weighted by molar-refractivity contribution is 6.65. The van der Waals surface area contributed by atoms with Crippen LogP contribution < -0.4 is 0 Å². The molecule has 0 aromatic heterocycles. The zero-order valence-corrected chi connectivity index (χ0v) is 13.1. The molecule has 0 aromatic carbocycles. The van der Waals surface area contributed by atoms with Crippen LogP contribution >= 0.6 is 11.6 Å². The Morgan fingerprint density at radius 1 is 0.552 bits per heavy atom. The Labute approximate surface area is 151 Å². The van der Waals surface area contributed by atoms with E-state index >= 15 is 0 Å². The van der Waals surface area contributed by atoms with Crippen molar-refractivity contribution < 1.29 is 79.4 Å². The number of alkyl halides is 17. The first kappa shape index (κ1) is 27.8. The molecule has 0 rings (SSSR count). The van der Waals surface area contributed by atoms with Crippen LogP contribution in [-0.4, -0.2) is 59.3 Å². The Hall–Kier alpha value is -1.23. The van der Waals surface area contributed by atoms with Crippen molar-refractivity contribution in [2.75, 3.05) is 0 Å². The maximum Gasteiger partial charge on any atom is 0.388 e. The van der Waals surface area contributed by atoms with Crippen molar-refractivity contribution in [3.63, 3.8) is 0 Å². The third-order valence-electron chi connectivity index (χ3n) is 3.20. The fourth-order valence-corrected chi connectivity index (χ4v) is 1.57. The Bertz CT molecular complexity index is 626. The molecule has 1 atom stereocenters. The lowest BCUT2D eigenvalue weighted by Gasteiger charge is -2.42. The number of hydrogen-bond donors (Lipinski definition) is 0. The summed E-state index contributed by atoms with van der Waals surface area (Å²) in [6, 6.07) is 0. The minimum Gasteiger partial charge on any atom is -0.274 e. The molecule has 0 radical (unpaired) electrons. The van der Waals surface area contributed by atoms with Crippen LogP contribution in [-0.2, 0) is 4.79 Å². The zero-order valence-electron chi connectivity index (χ0n) is 12.4. The molecule has 0 aliphatic rings. The number of carbonyl (C=O) groups excluding carboxylic acids is 1. The molecule has 0 aliphatic carbocycles. The maximum atomic E-state index is 13.2. The lowest BCUT2D eigenvalue weighted by Crippen LogP contribution is -2.74. The van der Waals surface area contributed by atoms with Gasteiger partial charge in [0.25, 0.3) is 11.7 Å². The number of rotatable bonds is 9. The monoisotopic (exact) mass is 496 g/mol. The van der Waals surface area contributed by atoms with E-state index in [0.29, 0.717) is 0 Å². The number of halogens is 18. The van der Waals surface area contributed by atoms with Crippen molar-refractivity contribution in [3.8, 4) is 0 Å². The second kappa shape index (κ2) is 7.18. The minimum absolute atomic E-state index is 3.73. The van der Waals surface area contributed by atoms with Crippen LogP contribution in [0.15, 0.2) is 0 Å². The van der Waals surface area contributed by atoms with Gasteiger partial charge in [0.05, 0.1) is 0 Å². The van der Waals surface area contributed by atoms with Crippen LogP contribution in [0.5, 0.6) is 0 Å². The second-order valence-electron chi connectivity index (χ2n) is 5.08. The van der Waals surface area contributed by atoms with Gasteiger partial charge in [-0.05, 0) is 11.6 Å². The van der Waals surface area contributed by atoms with Gasteiger partial charge in [0.2, 0.25) is 6.17 Å². The first-order chi connectivity index (χ1) is 12.3. The highest BCUT2D eigenvalue weighted by atomic mass is 35.5. The predicted octanol–water partition coefficient (Wildman–Crippen LogP) is 5.80. The van der Waals surface area contributed by atoms with Crippen molar-refractivity contribution in [1.82, 2.24) is 0 Å². The molecule has 1 nitrogen and oxygen atoms in total. The summed E-state index contributed by atoms with van der Waals surface area (Å²) in [4.78, 5) is 10.0. The summed E-state index contributed by atoms with van der Waals surface area (Å²) in [5.74, 6) is -56.7. The summed E-state index contributed by atoms with van der Waals surface area (Å²) in [6.07, 6.45) is -11.0. The molecule has 0 heterocycles. The van der Waals surface area contributed by atoms with E-state index in [1.807, 2.05) is 0 Å². The van der Waals surface area contributed by atoms with Crippen LogP contribution in [0.3, 0.4) is 0 Å². The molecule has 0 saturated heterocycles. The van der Waals surface area contributed by atoms with E-state index < -0.39 is 59.3 Å². The first-order valence-corrected chi connectivity index (χ1v) is 6.44. The van der Waals surface area contributed by atoms with Gasteiger partial charge >= 0.3 is 41.5 Å². The smallest absolute Gasteiger partial charge is 0.274 e. The van der Waals surface area contributed by atoms with E-state index in [2.05, 4.69) is 11.6 Å². The normalized spacial score (nSPS) is 16.9. The van der Waals surface area contributed by atoms with Gasteiger partial charge < -0.3 is 0 Å². The van der Waals surface area contributed by atoms with Crippen LogP contribution in [0, 0.1) is 0 Å². The quantitative estimate of drug-likeness (QED) is 0.291. The molecule has 0 aliphatic heterocycles. The van der Waals surface area contributed by atoms with Crippen molar-refractivity contribution >= 4 is 16.8 Å². The van der Waals surface area contributed by atoms with Gasteiger partial charge in [0.1, 0.15) is 0 Å². The molecule has 19 heteroatoms.